The van der Waals surface area contributed by atoms with Gasteiger partial charge < -0.3 is 5.32 Å². The number of para-hydroxylation sites is 1. The van der Waals surface area contributed by atoms with E-state index in [0.717, 1.165) is 24.1 Å². The van der Waals surface area contributed by atoms with Crippen molar-refractivity contribution in [2.75, 3.05) is 6.54 Å². The summed E-state index contributed by atoms with van der Waals surface area (Å²) in [6.07, 6.45) is 5.97. The Labute approximate surface area is 126 Å². The van der Waals surface area contributed by atoms with Crippen molar-refractivity contribution >= 4 is 10.9 Å². The lowest BCUT2D eigenvalue weighted by Crippen LogP contribution is -2.33. The number of benzene rings is 1. The highest BCUT2D eigenvalue weighted by Crippen LogP contribution is 2.33. The Hall–Kier alpha value is -1.45. The van der Waals surface area contributed by atoms with Gasteiger partial charge in [0.2, 0.25) is 0 Å². The summed E-state index contributed by atoms with van der Waals surface area (Å²) < 4.78 is 0. The lowest BCUT2D eigenvalue weighted by Gasteiger charge is -2.19. The summed E-state index contributed by atoms with van der Waals surface area (Å²) in [6, 6.07) is 12.8. The second-order valence-corrected chi connectivity index (χ2v) is 6.58. The quantitative estimate of drug-likeness (QED) is 0.934. The van der Waals surface area contributed by atoms with Gasteiger partial charge in [0.05, 0.1) is 5.52 Å². The number of nitrogens with one attached hydrogen (secondary N) is 1. The Morgan fingerprint density at radius 3 is 2.95 bits per heavy atom. The third-order valence-electron chi connectivity index (χ3n) is 4.94. The molecule has 21 heavy (non-hydrogen) atoms. The van der Waals surface area contributed by atoms with Crippen LogP contribution in [0.1, 0.15) is 31.7 Å². The summed E-state index contributed by atoms with van der Waals surface area (Å²) in [7, 11) is 0. The van der Waals surface area contributed by atoms with Crippen molar-refractivity contribution in [1.29, 1.82) is 0 Å². The van der Waals surface area contributed by atoms with Crippen LogP contribution in [0.25, 0.3) is 10.9 Å². The average molecular weight is 281 g/mol. The standard InChI is InChI=1S/C18H23N3/c1-13-10-16(12-21(13)17-7-8-17)20-11-15-5-2-4-14-6-3-9-19-18(14)15/h2-6,9,13,16-17,20H,7-8,10-12H2,1H3. The largest absolute Gasteiger partial charge is 0.309 e. The van der Waals surface area contributed by atoms with Gasteiger partial charge in [0.1, 0.15) is 0 Å². The molecule has 1 aromatic carbocycles. The number of rotatable bonds is 4. The smallest absolute Gasteiger partial charge is 0.0746 e. The first-order valence-electron chi connectivity index (χ1n) is 8.13. The molecular weight excluding hydrogens is 258 g/mol. The van der Waals surface area contributed by atoms with Gasteiger partial charge in [-0.2, -0.15) is 0 Å². The predicted octanol–water partition coefficient (Wildman–Crippen LogP) is 2.95. The van der Waals surface area contributed by atoms with Gasteiger partial charge >= 0.3 is 0 Å². The monoisotopic (exact) mass is 281 g/mol. The van der Waals surface area contributed by atoms with Crippen LogP contribution in [0.3, 0.4) is 0 Å². The minimum atomic E-state index is 0.625. The van der Waals surface area contributed by atoms with Crippen LogP contribution in [-0.4, -0.2) is 34.6 Å². The van der Waals surface area contributed by atoms with E-state index in [-0.39, 0.29) is 0 Å². The average Bonchev–Trinajstić information content (AvgIpc) is 3.28. The molecule has 4 rings (SSSR count). The van der Waals surface area contributed by atoms with E-state index in [1.807, 2.05) is 12.3 Å². The molecule has 0 radical (unpaired) electrons. The molecule has 2 aliphatic rings. The molecule has 2 aromatic rings. The highest BCUT2D eigenvalue weighted by molar-refractivity contribution is 5.81. The van der Waals surface area contributed by atoms with E-state index in [2.05, 4.69) is 46.4 Å². The van der Waals surface area contributed by atoms with Crippen LogP contribution < -0.4 is 5.32 Å². The first-order valence-corrected chi connectivity index (χ1v) is 8.13. The predicted molar refractivity (Wildman–Crippen MR) is 86.2 cm³/mol. The Kier molecular flexibility index (Phi) is 3.40. The third kappa shape index (κ3) is 2.68. The molecule has 1 aliphatic carbocycles. The third-order valence-corrected chi connectivity index (χ3v) is 4.94. The van der Waals surface area contributed by atoms with Crippen LogP contribution >= 0.6 is 0 Å². The summed E-state index contributed by atoms with van der Waals surface area (Å²) in [5, 5.41) is 4.98. The van der Waals surface area contributed by atoms with Crippen molar-refractivity contribution < 1.29 is 0 Å². The fourth-order valence-corrected chi connectivity index (χ4v) is 3.68. The first kappa shape index (κ1) is 13.2. The Morgan fingerprint density at radius 1 is 1.24 bits per heavy atom. The molecule has 0 bridgehead atoms. The van der Waals surface area contributed by atoms with Crippen LogP contribution in [-0.2, 0) is 6.54 Å². The Bertz CT molecular complexity index is 630. The van der Waals surface area contributed by atoms with Crippen LogP contribution in [0.15, 0.2) is 36.5 Å². The topological polar surface area (TPSA) is 28.2 Å². The molecule has 1 aromatic heterocycles. The molecule has 110 valence electrons. The number of aromatic nitrogens is 1. The molecule has 2 atom stereocenters. The molecule has 0 spiro atoms. The van der Waals surface area contributed by atoms with E-state index >= 15 is 0 Å². The van der Waals surface area contributed by atoms with E-state index in [9.17, 15) is 0 Å². The fourth-order valence-electron chi connectivity index (χ4n) is 3.68. The number of fused-ring (bicyclic) bond motifs is 1. The van der Waals surface area contributed by atoms with E-state index in [1.165, 1.54) is 36.8 Å². The van der Waals surface area contributed by atoms with Crippen LogP contribution in [0.2, 0.25) is 0 Å². The molecule has 1 saturated heterocycles. The summed E-state index contributed by atoms with van der Waals surface area (Å²) >= 11 is 0. The lowest BCUT2D eigenvalue weighted by atomic mass is 10.1. The second kappa shape index (κ2) is 5.39. The summed E-state index contributed by atoms with van der Waals surface area (Å²) in [4.78, 5) is 7.24. The second-order valence-electron chi connectivity index (χ2n) is 6.58. The van der Waals surface area contributed by atoms with Crippen molar-refractivity contribution in [2.45, 2.75) is 50.9 Å². The summed E-state index contributed by atoms with van der Waals surface area (Å²) in [5.74, 6) is 0. The number of likely N-dealkylation sites (tertiary alicyclic amines) is 1. The number of nitrogens with zero attached hydrogens (tertiary/aromatic N) is 2. The zero-order valence-electron chi connectivity index (χ0n) is 12.6. The molecule has 3 heteroatoms. The van der Waals surface area contributed by atoms with Crippen molar-refractivity contribution in [3.8, 4) is 0 Å². The Morgan fingerprint density at radius 2 is 2.10 bits per heavy atom. The Balaban J connectivity index is 1.44. The summed E-state index contributed by atoms with van der Waals surface area (Å²) in [5.41, 5.74) is 2.45. The van der Waals surface area contributed by atoms with Gasteiger partial charge in [0.25, 0.3) is 0 Å². The van der Waals surface area contributed by atoms with Crippen LogP contribution in [0.5, 0.6) is 0 Å². The number of pyridine rings is 1. The van der Waals surface area contributed by atoms with E-state index in [1.54, 1.807) is 0 Å². The normalized spacial score (nSPS) is 26.5. The van der Waals surface area contributed by atoms with Gasteiger partial charge in [-0.3, -0.25) is 9.88 Å². The maximum Gasteiger partial charge on any atom is 0.0746 e. The lowest BCUT2D eigenvalue weighted by molar-refractivity contribution is 0.255. The maximum atomic E-state index is 4.54. The SMILES string of the molecule is CC1CC(NCc2cccc3cccnc23)CN1C1CC1. The number of hydrogen-bond acceptors (Lipinski definition) is 3. The maximum absolute atomic E-state index is 4.54. The van der Waals surface area contributed by atoms with Crippen LogP contribution in [0.4, 0.5) is 0 Å². The van der Waals surface area contributed by atoms with E-state index in [0.29, 0.717) is 6.04 Å². The first-order chi connectivity index (χ1) is 10.3. The van der Waals surface area contributed by atoms with Crippen LogP contribution in [0, 0.1) is 0 Å². The van der Waals surface area contributed by atoms with Gasteiger partial charge in [-0.25, -0.2) is 0 Å². The van der Waals surface area contributed by atoms with Gasteiger partial charge in [0.15, 0.2) is 0 Å². The van der Waals surface area contributed by atoms with E-state index < -0.39 is 0 Å². The highest BCUT2D eigenvalue weighted by atomic mass is 15.3. The van der Waals surface area contributed by atoms with Crippen molar-refractivity contribution in [3.63, 3.8) is 0 Å². The van der Waals surface area contributed by atoms with Gasteiger partial charge in [-0.15, -0.1) is 0 Å². The molecule has 2 heterocycles. The molecule has 1 N–H and O–H groups in total. The molecule has 2 unspecified atom stereocenters. The fraction of sp³-hybridized carbons (Fsp3) is 0.500. The minimum absolute atomic E-state index is 0.625. The van der Waals surface area contributed by atoms with Gasteiger partial charge in [-0.05, 0) is 37.8 Å². The minimum Gasteiger partial charge on any atom is -0.309 e. The summed E-state index contributed by atoms with van der Waals surface area (Å²) in [6.45, 7) is 4.51. The molecule has 2 fully saturated rings. The molecule has 0 amide bonds. The zero-order valence-corrected chi connectivity index (χ0v) is 12.6. The van der Waals surface area contributed by atoms with Crippen molar-refractivity contribution in [2.24, 2.45) is 0 Å². The zero-order chi connectivity index (χ0) is 14.2. The molecule has 3 nitrogen and oxygen atoms in total. The molecule has 1 aliphatic heterocycles. The van der Waals surface area contributed by atoms with Gasteiger partial charge in [-0.1, -0.05) is 24.3 Å². The number of hydrogen-bond donors (Lipinski definition) is 1. The van der Waals surface area contributed by atoms with Crippen molar-refractivity contribution in [3.05, 3.63) is 42.1 Å². The van der Waals surface area contributed by atoms with Crippen molar-refractivity contribution in [1.82, 2.24) is 15.2 Å². The molecule has 1 saturated carbocycles. The molecular formula is C18H23N3. The van der Waals surface area contributed by atoms with E-state index in [4.69, 9.17) is 0 Å². The highest BCUT2D eigenvalue weighted by Gasteiger charge is 2.38. The van der Waals surface area contributed by atoms with Gasteiger partial charge in [0, 0.05) is 42.8 Å².